The molecule has 0 fully saturated rings. The number of methoxy groups -OCH3 is 1. The smallest absolute Gasteiger partial charge is 0.407 e. The van der Waals surface area contributed by atoms with Gasteiger partial charge in [-0.15, -0.1) is 22.7 Å². The molecule has 0 bridgehead atoms. The molecule has 2 heterocycles. The highest BCUT2D eigenvalue weighted by Crippen LogP contribution is 2.20. The largest absolute Gasteiger partial charge is 0.444 e. The van der Waals surface area contributed by atoms with Crippen molar-refractivity contribution in [3.8, 4) is 0 Å². The van der Waals surface area contributed by atoms with Crippen molar-refractivity contribution in [2.24, 2.45) is 0 Å². The van der Waals surface area contributed by atoms with E-state index in [2.05, 4.69) is 39.8 Å². The molecule has 2 aromatic heterocycles. The Labute approximate surface area is 302 Å². The Morgan fingerprint density at radius 3 is 2.02 bits per heavy atom. The van der Waals surface area contributed by atoms with Crippen molar-refractivity contribution in [1.29, 1.82) is 0 Å². The van der Waals surface area contributed by atoms with E-state index in [1.54, 1.807) is 37.0 Å². The molecule has 0 aliphatic rings. The molecule has 268 valence electrons. The molecular formula is C37H48N6O5S2. The second-order valence-corrected chi connectivity index (χ2v) is 14.5. The molecule has 0 radical (unpaired) electrons. The van der Waals surface area contributed by atoms with Crippen molar-refractivity contribution < 1.29 is 23.9 Å². The van der Waals surface area contributed by atoms with E-state index in [9.17, 15) is 14.4 Å². The summed E-state index contributed by atoms with van der Waals surface area (Å²) in [7, 11) is 3.19. The minimum absolute atomic E-state index is 0.143. The van der Waals surface area contributed by atoms with Crippen LogP contribution in [0.1, 0.15) is 66.2 Å². The Balaban J connectivity index is 1.45. The third-order valence-corrected chi connectivity index (χ3v) is 10.2. The second kappa shape index (κ2) is 19.8. The van der Waals surface area contributed by atoms with E-state index in [0.717, 1.165) is 26.7 Å². The van der Waals surface area contributed by atoms with Gasteiger partial charge in [0.15, 0.2) is 0 Å². The average molecular weight is 721 g/mol. The maximum Gasteiger partial charge on any atom is 0.407 e. The summed E-state index contributed by atoms with van der Waals surface area (Å²) in [5, 5.41) is 12.1. The van der Waals surface area contributed by atoms with Crippen LogP contribution in [0.2, 0.25) is 0 Å². The number of nitrogens with zero attached hydrogens (tertiary/aromatic N) is 3. The maximum atomic E-state index is 13.9. The van der Waals surface area contributed by atoms with Gasteiger partial charge in [-0.3, -0.25) is 9.78 Å². The van der Waals surface area contributed by atoms with E-state index in [1.807, 2.05) is 66.0 Å². The summed E-state index contributed by atoms with van der Waals surface area (Å²) in [6, 6.07) is 17.9. The van der Waals surface area contributed by atoms with Gasteiger partial charge in [-0.1, -0.05) is 74.5 Å². The average Bonchev–Trinajstić information content (AvgIpc) is 3.82. The number of hydrogen-bond donors (Lipinski definition) is 3. The van der Waals surface area contributed by atoms with Crippen LogP contribution in [-0.2, 0) is 40.3 Å². The molecule has 4 rings (SSSR count). The molecule has 4 aromatic rings. The lowest BCUT2D eigenvalue weighted by Gasteiger charge is -2.29. The standard InChI is InChI=1S/C37H48N6O5S2/c1-25(2)35-40-31(23-49-35)21-43(4)36(45)42-33(26(3)47-5)34(44)39-29(18-27-12-8-6-9-13-27)16-17-30(19-28-14-10-7-11-15-28)41-37(46)48-22-32-20-38-24-50-32/h6-15,20,23-26,29-30,33H,16-19,21-22H2,1-5H3,(H,39,44)(H,41,46)(H,42,45). The molecule has 0 aliphatic carbocycles. The zero-order valence-electron chi connectivity index (χ0n) is 29.3. The van der Waals surface area contributed by atoms with Gasteiger partial charge in [-0.2, -0.15) is 0 Å². The van der Waals surface area contributed by atoms with Crippen molar-refractivity contribution in [3.05, 3.63) is 104 Å². The van der Waals surface area contributed by atoms with Crippen LogP contribution >= 0.6 is 22.7 Å². The Morgan fingerprint density at radius 2 is 1.48 bits per heavy atom. The van der Waals surface area contributed by atoms with Gasteiger partial charge in [-0.25, -0.2) is 14.6 Å². The van der Waals surface area contributed by atoms with Crippen molar-refractivity contribution in [1.82, 2.24) is 30.8 Å². The molecule has 2 aromatic carbocycles. The number of thiazole rings is 2. The number of benzene rings is 2. The number of nitrogens with one attached hydrogen (secondary N) is 3. The Morgan fingerprint density at radius 1 is 0.860 bits per heavy atom. The first kappa shape index (κ1) is 38.5. The lowest BCUT2D eigenvalue weighted by atomic mass is 9.95. The van der Waals surface area contributed by atoms with E-state index < -0.39 is 24.3 Å². The molecular weight excluding hydrogens is 673 g/mol. The molecule has 0 aliphatic heterocycles. The zero-order chi connectivity index (χ0) is 35.9. The van der Waals surface area contributed by atoms with E-state index in [1.165, 1.54) is 23.3 Å². The fourth-order valence-electron chi connectivity index (χ4n) is 5.35. The van der Waals surface area contributed by atoms with Gasteiger partial charge >= 0.3 is 12.1 Å². The normalized spacial score (nSPS) is 13.6. The van der Waals surface area contributed by atoms with Gasteiger partial charge in [0, 0.05) is 43.7 Å². The number of aromatic nitrogens is 2. The first-order valence-electron chi connectivity index (χ1n) is 16.8. The molecule has 50 heavy (non-hydrogen) atoms. The highest BCUT2D eigenvalue weighted by molar-refractivity contribution is 7.09. The number of carbonyl (C=O) groups is 3. The van der Waals surface area contributed by atoms with Crippen LogP contribution in [0.15, 0.2) is 77.8 Å². The lowest BCUT2D eigenvalue weighted by molar-refractivity contribution is -0.126. The molecule has 0 spiro atoms. The monoisotopic (exact) mass is 720 g/mol. The second-order valence-electron chi connectivity index (χ2n) is 12.6. The third-order valence-electron chi connectivity index (χ3n) is 8.22. The zero-order valence-corrected chi connectivity index (χ0v) is 31.0. The van der Waals surface area contributed by atoms with Gasteiger partial charge < -0.3 is 30.3 Å². The Hall–Kier alpha value is -4.33. The van der Waals surface area contributed by atoms with Crippen LogP contribution < -0.4 is 16.0 Å². The van der Waals surface area contributed by atoms with Crippen LogP contribution in [-0.4, -0.2) is 71.3 Å². The topological polar surface area (TPSA) is 135 Å². The van der Waals surface area contributed by atoms with Gasteiger partial charge in [-0.05, 0) is 43.7 Å². The minimum atomic E-state index is -0.949. The first-order valence-corrected chi connectivity index (χ1v) is 18.5. The summed E-state index contributed by atoms with van der Waals surface area (Å²) >= 11 is 3.00. The van der Waals surface area contributed by atoms with E-state index in [-0.39, 0.29) is 24.6 Å². The summed E-state index contributed by atoms with van der Waals surface area (Å²) in [4.78, 5) is 51.1. The van der Waals surface area contributed by atoms with E-state index in [0.29, 0.717) is 38.1 Å². The highest BCUT2D eigenvalue weighted by atomic mass is 32.1. The van der Waals surface area contributed by atoms with Crippen LogP contribution in [0.3, 0.4) is 0 Å². The van der Waals surface area contributed by atoms with Crippen LogP contribution in [0.5, 0.6) is 0 Å². The number of amides is 4. The van der Waals surface area contributed by atoms with Crippen molar-refractivity contribution >= 4 is 40.7 Å². The number of ether oxygens (including phenoxy) is 2. The highest BCUT2D eigenvalue weighted by Gasteiger charge is 2.30. The molecule has 4 atom stereocenters. The lowest BCUT2D eigenvalue weighted by Crippen LogP contribution is -2.57. The van der Waals surface area contributed by atoms with Crippen molar-refractivity contribution in [3.63, 3.8) is 0 Å². The summed E-state index contributed by atoms with van der Waals surface area (Å²) in [6.07, 6.45) is 2.83. The number of alkyl carbamates (subject to hydrolysis) is 1. The summed E-state index contributed by atoms with van der Waals surface area (Å²) in [5.74, 6) is -0.0472. The van der Waals surface area contributed by atoms with Crippen LogP contribution in [0, 0.1) is 0 Å². The van der Waals surface area contributed by atoms with Gasteiger partial charge in [0.05, 0.1) is 33.7 Å². The summed E-state index contributed by atoms with van der Waals surface area (Å²) < 4.78 is 11.0. The molecule has 11 nitrogen and oxygen atoms in total. The molecule has 0 saturated carbocycles. The fraction of sp³-hybridized carbons (Fsp3) is 0.432. The summed E-state index contributed by atoms with van der Waals surface area (Å²) in [6.45, 7) is 6.37. The molecule has 13 heteroatoms. The predicted octanol–water partition coefficient (Wildman–Crippen LogP) is 6.31. The van der Waals surface area contributed by atoms with Crippen molar-refractivity contribution in [2.45, 2.75) is 89.8 Å². The third kappa shape index (κ3) is 12.5. The number of hydrogen-bond acceptors (Lipinski definition) is 9. The Kier molecular flexibility index (Phi) is 15.2. The predicted molar refractivity (Wildman–Crippen MR) is 197 cm³/mol. The van der Waals surface area contributed by atoms with E-state index in [4.69, 9.17) is 9.47 Å². The Bertz CT molecular complexity index is 1600. The number of carbonyl (C=O) groups excluding carboxylic acids is 3. The SMILES string of the molecule is COC(C)C(NC(=O)N(C)Cc1csc(C(C)C)n1)C(=O)NC(CCC(Cc1ccccc1)NC(=O)OCc1cncs1)Cc1ccccc1. The van der Waals surface area contributed by atoms with Gasteiger partial charge in [0.2, 0.25) is 5.91 Å². The quantitative estimate of drug-likeness (QED) is 0.110. The summed E-state index contributed by atoms with van der Waals surface area (Å²) in [5.41, 5.74) is 4.62. The molecule has 0 saturated heterocycles. The molecule has 4 amide bonds. The molecule has 3 N–H and O–H groups in total. The minimum Gasteiger partial charge on any atom is -0.444 e. The van der Waals surface area contributed by atoms with Crippen LogP contribution in [0.4, 0.5) is 9.59 Å². The van der Waals surface area contributed by atoms with Crippen molar-refractivity contribution in [2.75, 3.05) is 14.2 Å². The van der Waals surface area contributed by atoms with Gasteiger partial charge in [0.1, 0.15) is 12.6 Å². The van der Waals surface area contributed by atoms with E-state index >= 15 is 0 Å². The van der Waals surface area contributed by atoms with Gasteiger partial charge in [0.25, 0.3) is 0 Å². The van der Waals surface area contributed by atoms with Crippen LogP contribution in [0.25, 0.3) is 0 Å². The number of rotatable bonds is 18. The first-order chi connectivity index (χ1) is 24.1. The number of urea groups is 1. The maximum absolute atomic E-state index is 13.9. The molecule has 4 unspecified atom stereocenters. The fourth-order valence-corrected chi connectivity index (χ4v) is 6.68.